The quantitative estimate of drug-likeness (QED) is 0.900. The zero-order valence-corrected chi connectivity index (χ0v) is 10.9. The van der Waals surface area contributed by atoms with Gasteiger partial charge in [0, 0.05) is 31.4 Å². The van der Waals surface area contributed by atoms with E-state index in [1.807, 2.05) is 25.4 Å². The van der Waals surface area contributed by atoms with Crippen molar-refractivity contribution in [3.05, 3.63) is 41.8 Å². The Hall–Kier alpha value is -1.68. The van der Waals surface area contributed by atoms with Crippen molar-refractivity contribution in [1.82, 2.24) is 15.1 Å². The third kappa shape index (κ3) is 2.96. The highest BCUT2D eigenvalue weighted by Crippen LogP contribution is 2.21. The van der Waals surface area contributed by atoms with Crippen molar-refractivity contribution in [2.45, 2.75) is 26.4 Å². The lowest BCUT2D eigenvalue weighted by atomic mass is 10.1. The van der Waals surface area contributed by atoms with Gasteiger partial charge in [-0.2, -0.15) is 5.10 Å². The van der Waals surface area contributed by atoms with Crippen LogP contribution < -0.4 is 5.32 Å². The fourth-order valence-corrected chi connectivity index (χ4v) is 1.76. The van der Waals surface area contributed by atoms with Crippen molar-refractivity contribution in [2.24, 2.45) is 7.05 Å². The average molecular weight is 247 g/mol. The van der Waals surface area contributed by atoms with Gasteiger partial charge in [0.1, 0.15) is 5.82 Å². The zero-order valence-electron chi connectivity index (χ0n) is 10.9. The smallest absolute Gasteiger partial charge is 0.132 e. The second-order valence-electron chi connectivity index (χ2n) is 4.72. The van der Waals surface area contributed by atoms with Gasteiger partial charge in [-0.25, -0.2) is 4.39 Å². The largest absolute Gasteiger partial charge is 0.310 e. The molecule has 0 spiro atoms. The Labute approximate surface area is 107 Å². The second kappa shape index (κ2) is 5.31. The SMILES string of the molecule is CC(C)NCc1ccc(-c2ccn(C)n2)c(F)c1. The predicted molar refractivity (Wildman–Crippen MR) is 70.6 cm³/mol. The number of hydrogen-bond acceptors (Lipinski definition) is 2. The van der Waals surface area contributed by atoms with Crippen molar-refractivity contribution in [2.75, 3.05) is 0 Å². The lowest BCUT2D eigenvalue weighted by molar-refractivity contribution is 0.582. The number of halogens is 1. The molecular formula is C14H18FN3. The standard InChI is InChI=1S/C14H18FN3/c1-10(2)16-9-11-4-5-12(13(15)8-11)14-6-7-18(3)17-14/h4-8,10,16H,9H2,1-3H3. The lowest BCUT2D eigenvalue weighted by Crippen LogP contribution is -2.21. The monoisotopic (exact) mass is 247 g/mol. The summed E-state index contributed by atoms with van der Waals surface area (Å²) in [4.78, 5) is 0. The summed E-state index contributed by atoms with van der Waals surface area (Å²) in [5, 5.41) is 7.47. The van der Waals surface area contributed by atoms with Crippen LogP contribution in [0.1, 0.15) is 19.4 Å². The number of rotatable bonds is 4. The van der Waals surface area contributed by atoms with E-state index in [9.17, 15) is 4.39 Å². The summed E-state index contributed by atoms with van der Waals surface area (Å²) in [6.07, 6.45) is 1.81. The van der Waals surface area contributed by atoms with Crippen LogP contribution in [0.2, 0.25) is 0 Å². The van der Waals surface area contributed by atoms with Gasteiger partial charge >= 0.3 is 0 Å². The number of benzene rings is 1. The molecule has 0 atom stereocenters. The molecule has 4 heteroatoms. The molecule has 3 nitrogen and oxygen atoms in total. The number of nitrogens with zero attached hydrogens (tertiary/aromatic N) is 2. The van der Waals surface area contributed by atoms with Crippen molar-refractivity contribution < 1.29 is 4.39 Å². The number of nitrogens with one attached hydrogen (secondary N) is 1. The first-order chi connectivity index (χ1) is 8.56. The number of hydrogen-bond donors (Lipinski definition) is 1. The molecular weight excluding hydrogens is 229 g/mol. The van der Waals surface area contributed by atoms with Crippen LogP contribution >= 0.6 is 0 Å². The van der Waals surface area contributed by atoms with Crippen LogP contribution in [0.5, 0.6) is 0 Å². The molecule has 0 bridgehead atoms. The van der Waals surface area contributed by atoms with Gasteiger partial charge < -0.3 is 5.32 Å². The maximum Gasteiger partial charge on any atom is 0.132 e. The maximum atomic E-state index is 14.0. The summed E-state index contributed by atoms with van der Waals surface area (Å²) in [6.45, 7) is 4.81. The summed E-state index contributed by atoms with van der Waals surface area (Å²) >= 11 is 0. The third-order valence-corrected chi connectivity index (χ3v) is 2.74. The van der Waals surface area contributed by atoms with Crippen LogP contribution in [0.25, 0.3) is 11.3 Å². The van der Waals surface area contributed by atoms with Gasteiger partial charge in [-0.05, 0) is 23.8 Å². The fourth-order valence-electron chi connectivity index (χ4n) is 1.76. The molecule has 2 aromatic rings. The minimum Gasteiger partial charge on any atom is -0.310 e. The fraction of sp³-hybridized carbons (Fsp3) is 0.357. The van der Waals surface area contributed by atoms with Crippen molar-refractivity contribution in [3.63, 3.8) is 0 Å². The van der Waals surface area contributed by atoms with Crippen molar-refractivity contribution >= 4 is 0 Å². The molecule has 0 amide bonds. The maximum absolute atomic E-state index is 14.0. The van der Waals surface area contributed by atoms with Gasteiger partial charge in [0.15, 0.2) is 0 Å². The average Bonchev–Trinajstić information content (AvgIpc) is 2.73. The van der Waals surface area contributed by atoms with Crippen LogP contribution in [-0.4, -0.2) is 15.8 Å². The van der Waals surface area contributed by atoms with E-state index in [0.717, 1.165) is 5.56 Å². The minimum absolute atomic E-state index is 0.225. The summed E-state index contributed by atoms with van der Waals surface area (Å²) in [6, 6.07) is 7.49. The first kappa shape index (κ1) is 12.8. The van der Waals surface area contributed by atoms with Gasteiger partial charge in [0.2, 0.25) is 0 Å². The molecule has 0 saturated carbocycles. The minimum atomic E-state index is -0.225. The highest BCUT2D eigenvalue weighted by Gasteiger charge is 2.08. The van der Waals surface area contributed by atoms with Crippen LogP contribution in [-0.2, 0) is 13.6 Å². The number of aryl methyl sites for hydroxylation is 1. The van der Waals surface area contributed by atoms with Crippen molar-refractivity contribution in [1.29, 1.82) is 0 Å². The normalized spacial score (nSPS) is 11.2. The van der Waals surface area contributed by atoms with Crippen LogP contribution in [0.3, 0.4) is 0 Å². The Balaban J connectivity index is 2.20. The van der Waals surface area contributed by atoms with Crippen LogP contribution in [0.4, 0.5) is 4.39 Å². The zero-order chi connectivity index (χ0) is 13.1. The third-order valence-electron chi connectivity index (χ3n) is 2.74. The van der Waals surface area contributed by atoms with E-state index < -0.39 is 0 Å². The summed E-state index contributed by atoms with van der Waals surface area (Å²) in [5.74, 6) is -0.225. The second-order valence-corrected chi connectivity index (χ2v) is 4.72. The summed E-state index contributed by atoms with van der Waals surface area (Å²) < 4.78 is 15.7. The molecule has 1 N–H and O–H groups in total. The van der Waals surface area contributed by atoms with Gasteiger partial charge in [-0.15, -0.1) is 0 Å². The Kier molecular flexibility index (Phi) is 3.77. The topological polar surface area (TPSA) is 29.9 Å². The molecule has 18 heavy (non-hydrogen) atoms. The summed E-state index contributed by atoms with van der Waals surface area (Å²) in [5.41, 5.74) is 2.16. The molecule has 0 fully saturated rings. The molecule has 2 rings (SSSR count). The molecule has 1 heterocycles. The van der Waals surface area contributed by atoms with E-state index >= 15 is 0 Å². The van der Waals surface area contributed by atoms with Crippen LogP contribution in [0, 0.1) is 5.82 Å². The number of aromatic nitrogens is 2. The van der Waals surface area contributed by atoms with Crippen molar-refractivity contribution in [3.8, 4) is 11.3 Å². The molecule has 1 aromatic heterocycles. The first-order valence-corrected chi connectivity index (χ1v) is 6.08. The molecule has 0 aliphatic rings. The molecule has 0 aliphatic carbocycles. The Morgan fingerprint density at radius 2 is 2.11 bits per heavy atom. The highest BCUT2D eigenvalue weighted by molar-refractivity contribution is 5.59. The molecule has 1 aromatic carbocycles. The van der Waals surface area contributed by atoms with Gasteiger partial charge in [0.05, 0.1) is 5.69 Å². The molecule has 0 radical (unpaired) electrons. The van der Waals surface area contributed by atoms with E-state index in [-0.39, 0.29) is 5.82 Å². The van der Waals surface area contributed by atoms with E-state index in [1.54, 1.807) is 16.8 Å². The Bertz CT molecular complexity index is 532. The van der Waals surface area contributed by atoms with Gasteiger partial charge in [-0.1, -0.05) is 19.9 Å². The van der Waals surface area contributed by atoms with Gasteiger partial charge in [-0.3, -0.25) is 4.68 Å². The molecule has 96 valence electrons. The van der Waals surface area contributed by atoms with Gasteiger partial charge in [0.25, 0.3) is 0 Å². The Morgan fingerprint density at radius 1 is 1.33 bits per heavy atom. The van der Waals surface area contributed by atoms with E-state index in [2.05, 4.69) is 24.3 Å². The van der Waals surface area contributed by atoms with E-state index in [1.165, 1.54) is 0 Å². The highest BCUT2D eigenvalue weighted by atomic mass is 19.1. The predicted octanol–water partition coefficient (Wildman–Crippen LogP) is 2.72. The van der Waals surface area contributed by atoms with Crippen LogP contribution in [0.15, 0.2) is 30.5 Å². The molecule has 0 aliphatic heterocycles. The molecule has 0 unspecified atom stereocenters. The lowest BCUT2D eigenvalue weighted by Gasteiger charge is -2.09. The molecule has 0 saturated heterocycles. The van der Waals surface area contributed by atoms with E-state index in [0.29, 0.717) is 23.8 Å². The Morgan fingerprint density at radius 3 is 2.67 bits per heavy atom. The first-order valence-electron chi connectivity index (χ1n) is 6.08. The summed E-state index contributed by atoms with van der Waals surface area (Å²) in [7, 11) is 1.82. The van der Waals surface area contributed by atoms with E-state index in [4.69, 9.17) is 0 Å².